The minimum Gasteiger partial charge on any atom is -0.469 e. The van der Waals surface area contributed by atoms with Gasteiger partial charge in [0.05, 0.1) is 25.4 Å². The summed E-state index contributed by atoms with van der Waals surface area (Å²) in [6.45, 7) is 7.99. The molecule has 1 aliphatic rings. The lowest BCUT2D eigenvalue weighted by Gasteiger charge is -2.26. The van der Waals surface area contributed by atoms with Crippen molar-refractivity contribution in [3.8, 4) is 0 Å². The summed E-state index contributed by atoms with van der Waals surface area (Å²) in [5.74, 6) is 0.204. The van der Waals surface area contributed by atoms with Gasteiger partial charge in [0.2, 0.25) is 5.91 Å². The highest BCUT2D eigenvalue weighted by molar-refractivity contribution is 8.01. The SMILES string of the molecule is COC(=O)CCN(CC1CCCO1)C(=O)CSC(C)(C)C. The first kappa shape index (κ1) is 18.3. The number of hydrogen-bond donors (Lipinski definition) is 0. The third-order valence-electron chi connectivity index (χ3n) is 3.24. The van der Waals surface area contributed by atoms with Gasteiger partial charge in [-0.1, -0.05) is 20.8 Å². The van der Waals surface area contributed by atoms with E-state index in [9.17, 15) is 9.59 Å². The van der Waals surface area contributed by atoms with Gasteiger partial charge in [0.15, 0.2) is 0 Å². The average Bonchev–Trinajstić information content (AvgIpc) is 2.92. The number of rotatable bonds is 7. The average molecular weight is 317 g/mol. The molecule has 1 saturated heterocycles. The van der Waals surface area contributed by atoms with Crippen LogP contribution in [0.3, 0.4) is 0 Å². The van der Waals surface area contributed by atoms with Crippen LogP contribution in [0.4, 0.5) is 0 Å². The van der Waals surface area contributed by atoms with Gasteiger partial charge in [-0.25, -0.2) is 0 Å². The number of hydrogen-bond acceptors (Lipinski definition) is 5. The van der Waals surface area contributed by atoms with E-state index >= 15 is 0 Å². The maximum atomic E-state index is 12.4. The van der Waals surface area contributed by atoms with E-state index in [1.54, 1.807) is 16.7 Å². The first-order valence-corrected chi connectivity index (χ1v) is 8.40. The summed E-state index contributed by atoms with van der Waals surface area (Å²) in [5, 5.41) is 0. The van der Waals surface area contributed by atoms with Crippen molar-refractivity contribution in [2.75, 3.05) is 32.6 Å². The zero-order valence-electron chi connectivity index (χ0n) is 13.5. The van der Waals surface area contributed by atoms with Crippen LogP contribution >= 0.6 is 11.8 Å². The van der Waals surface area contributed by atoms with Crippen molar-refractivity contribution in [2.24, 2.45) is 0 Å². The molecule has 5 nitrogen and oxygen atoms in total. The summed E-state index contributed by atoms with van der Waals surface area (Å²) in [7, 11) is 1.37. The Morgan fingerprint density at radius 2 is 2.10 bits per heavy atom. The third kappa shape index (κ3) is 7.71. The Morgan fingerprint density at radius 3 is 2.62 bits per heavy atom. The van der Waals surface area contributed by atoms with Crippen LogP contribution in [0, 0.1) is 0 Å². The molecule has 1 aliphatic heterocycles. The maximum Gasteiger partial charge on any atom is 0.307 e. The van der Waals surface area contributed by atoms with Crippen LogP contribution in [0.2, 0.25) is 0 Å². The molecule has 0 saturated carbocycles. The molecule has 0 N–H and O–H groups in total. The van der Waals surface area contributed by atoms with Crippen LogP contribution in [-0.4, -0.2) is 60.2 Å². The van der Waals surface area contributed by atoms with E-state index in [1.165, 1.54) is 7.11 Å². The standard InChI is InChI=1S/C15H27NO4S/c1-15(2,3)21-11-13(17)16(8-7-14(18)19-4)10-12-6-5-9-20-12/h12H,5-11H2,1-4H3. The Morgan fingerprint density at radius 1 is 1.38 bits per heavy atom. The van der Waals surface area contributed by atoms with Crippen molar-refractivity contribution in [1.82, 2.24) is 4.90 Å². The normalized spacial score (nSPS) is 18.6. The molecular formula is C15H27NO4S. The van der Waals surface area contributed by atoms with E-state index in [1.807, 2.05) is 0 Å². The van der Waals surface area contributed by atoms with Crippen LogP contribution in [0.15, 0.2) is 0 Å². The quantitative estimate of drug-likeness (QED) is 0.673. The van der Waals surface area contributed by atoms with Crippen molar-refractivity contribution >= 4 is 23.6 Å². The van der Waals surface area contributed by atoms with Gasteiger partial charge in [0, 0.05) is 24.4 Å². The number of methoxy groups -OCH3 is 1. The minimum atomic E-state index is -0.288. The Balaban J connectivity index is 2.52. The molecule has 0 aromatic rings. The molecule has 1 atom stereocenters. The van der Waals surface area contributed by atoms with Crippen molar-refractivity contribution in [3.63, 3.8) is 0 Å². The lowest BCUT2D eigenvalue weighted by atomic mass is 10.2. The highest BCUT2D eigenvalue weighted by Crippen LogP contribution is 2.23. The van der Waals surface area contributed by atoms with Crippen molar-refractivity contribution < 1.29 is 19.1 Å². The van der Waals surface area contributed by atoms with E-state index in [0.29, 0.717) is 18.8 Å². The summed E-state index contributed by atoms with van der Waals surface area (Å²) in [4.78, 5) is 25.4. The van der Waals surface area contributed by atoms with Gasteiger partial charge in [-0.3, -0.25) is 9.59 Å². The van der Waals surface area contributed by atoms with Crippen LogP contribution in [-0.2, 0) is 19.1 Å². The second-order valence-electron chi connectivity index (χ2n) is 6.20. The van der Waals surface area contributed by atoms with Crippen LogP contribution < -0.4 is 0 Å². The maximum absolute atomic E-state index is 12.4. The van der Waals surface area contributed by atoms with Crippen LogP contribution in [0.1, 0.15) is 40.0 Å². The topological polar surface area (TPSA) is 55.8 Å². The fraction of sp³-hybridized carbons (Fsp3) is 0.867. The molecule has 1 unspecified atom stereocenters. The molecule has 1 rings (SSSR count). The molecule has 6 heteroatoms. The fourth-order valence-electron chi connectivity index (χ4n) is 2.05. The molecule has 1 fully saturated rings. The number of esters is 1. The van der Waals surface area contributed by atoms with Crippen LogP contribution in [0.5, 0.6) is 0 Å². The van der Waals surface area contributed by atoms with Gasteiger partial charge < -0.3 is 14.4 Å². The summed E-state index contributed by atoms with van der Waals surface area (Å²) in [6.07, 6.45) is 2.36. The van der Waals surface area contributed by atoms with Gasteiger partial charge in [0.25, 0.3) is 0 Å². The molecule has 0 radical (unpaired) electrons. The first-order chi connectivity index (χ1) is 9.81. The molecule has 122 valence electrons. The second kappa shape index (κ2) is 8.63. The Bertz CT molecular complexity index is 348. The van der Waals surface area contributed by atoms with Crippen molar-refractivity contribution in [3.05, 3.63) is 0 Å². The number of amides is 1. The zero-order chi connectivity index (χ0) is 15.9. The Hall–Kier alpha value is -0.750. The highest BCUT2D eigenvalue weighted by Gasteiger charge is 2.24. The lowest BCUT2D eigenvalue weighted by molar-refractivity contribution is -0.141. The summed E-state index contributed by atoms with van der Waals surface area (Å²) < 4.78 is 10.3. The molecule has 0 aliphatic carbocycles. The van der Waals surface area contributed by atoms with Crippen molar-refractivity contribution in [1.29, 1.82) is 0 Å². The predicted octanol–water partition coefficient (Wildman–Crippen LogP) is 2.09. The first-order valence-electron chi connectivity index (χ1n) is 7.42. The number of carbonyl (C=O) groups is 2. The van der Waals surface area contributed by atoms with Gasteiger partial charge >= 0.3 is 5.97 Å². The van der Waals surface area contributed by atoms with E-state index in [-0.39, 0.29) is 29.1 Å². The molecule has 0 bridgehead atoms. The predicted molar refractivity (Wildman–Crippen MR) is 84.4 cm³/mol. The number of ether oxygens (including phenoxy) is 2. The molecule has 0 aromatic carbocycles. The minimum absolute atomic E-state index is 0.0491. The molecule has 21 heavy (non-hydrogen) atoms. The smallest absolute Gasteiger partial charge is 0.307 e. The molecule has 1 heterocycles. The number of nitrogens with zero attached hydrogens (tertiary/aromatic N) is 1. The molecule has 0 aromatic heterocycles. The van der Waals surface area contributed by atoms with Gasteiger partial charge in [-0.2, -0.15) is 0 Å². The number of carbonyl (C=O) groups excluding carboxylic acids is 2. The van der Waals surface area contributed by atoms with E-state index in [2.05, 4.69) is 25.5 Å². The number of thioether (sulfide) groups is 1. The largest absolute Gasteiger partial charge is 0.469 e. The van der Waals surface area contributed by atoms with Gasteiger partial charge in [0.1, 0.15) is 0 Å². The Kier molecular flexibility index (Phi) is 7.52. The van der Waals surface area contributed by atoms with Crippen LogP contribution in [0.25, 0.3) is 0 Å². The van der Waals surface area contributed by atoms with E-state index in [4.69, 9.17) is 4.74 Å². The third-order valence-corrected chi connectivity index (χ3v) is 4.50. The lowest BCUT2D eigenvalue weighted by Crippen LogP contribution is -2.40. The van der Waals surface area contributed by atoms with E-state index < -0.39 is 0 Å². The molecular weight excluding hydrogens is 290 g/mol. The summed E-state index contributed by atoms with van der Waals surface area (Å²) in [5.41, 5.74) is 0. The molecule has 0 spiro atoms. The van der Waals surface area contributed by atoms with Gasteiger partial charge in [-0.15, -0.1) is 11.8 Å². The summed E-state index contributed by atoms with van der Waals surface area (Å²) in [6, 6.07) is 0. The molecule has 1 amide bonds. The highest BCUT2D eigenvalue weighted by atomic mass is 32.2. The second-order valence-corrected chi connectivity index (χ2v) is 8.00. The zero-order valence-corrected chi connectivity index (χ0v) is 14.3. The van der Waals surface area contributed by atoms with E-state index in [0.717, 1.165) is 19.4 Å². The Labute approximate surface area is 131 Å². The van der Waals surface area contributed by atoms with Gasteiger partial charge in [-0.05, 0) is 12.8 Å². The fourth-order valence-corrected chi connectivity index (χ4v) is 2.79. The monoisotopic (exact) mass is 317 g/mol. The summed E-state index contributed by atoms with van der Waals surface area (Å²) >= 11 is 1.62. The van der Waals surface area contributed by atoms with Crippen molar-refractivity contribution in [2.45, 2.75) is 50.9 Å².